The molecular formula is C22H26FN3O2. The maximum absolute atomic E-state index is 15.0. The number of hydrogen-bond acceptors (Lipinski definition) is 3. The van der Waals surface area contributed by atoms with Crippen LogP contribution in [0, 0.1) is 12.7 Å². The van der Waals surface area contributed by atoms with E-state index in [2.05, 4.69) is 10.3 Å². The molecule has 1 aliphatic rings. The van der Waals surface area contributed by atoms with Crippen molar-refractivity contribution in [1.29, 1.82) is 0 Å². The first-order chi connectivity index (χ1) is 13.3. The smallest absolute Gasteiger partial charge is 0.227 e. The second-order valence-electron chi connectivity index (χ2n) is 7.35. The third-order valence-corrected chi connectivity index (χ3v) is 5.38. The number of nitrogens with zero attached hydrogens (tertiary/aromatic N) is 2. The fourth-order valence-corrected chi connectivity index (χ4v) is 3.74. The van der Waals surface area contributed by atoms with Crippen molar-refractivity contribution in [2.45, 2.75) is 52.5 Å². The zero-order valence-corrected chi connectivity index (χ0v) is 16.8. The van der Waals surface area contributed by atoms with Gasteiger partial charge in [0.05, 0.1) is 6.04 Å². The molecule has 2 amide bonds. The minimum atomic E-state index is -0.384. The minimum Gasteiger partial charge on any atom is -0.350 e. The number of amides is 2. The topological polar surface area (TPSA) is 62.3 Å². The summed E-state index contributed by atoms with van der Waals surface area (Å²) < 4.78 is 15.0. The number of aryl methyl sites for hydroxylation is 1. The van der Waals surface area contributed by atoms with Crippen molar-refractivity contribution in [3.8, 4) is 11.1 Å². The van der Waals surface area contributed by atoms with Crippen molar-refractivity contribution in [3.63, 3.8) is 0 Å². The Morgan fingerprint density at radius 3 is 2.75 bits per heavy atom. The number of pyridine rings is 1. The third-order valence-electron chi connectivity index (χ3n) is 5.38. The highest BCUT2D eigenvalue weighted by Crippen LogP contribution is 2.36. The summed E-state index contributed by atoms with van der Waals surface area (Å²) in [6.07, 6.45) is 5.66. The van der Waals surface area contributed by atoms with E-state index in [9.17, 15) is 14.0 Å². The Hall–Kier alpha value is -2.76. The predicted molar refractivity (Wildman–Crippen MR) is 108 cm³/mol. The van der Waals surface area contributed by atoms with Crippen LogP contribution in [0.25, 0.3) is 11.1 Å². The lowest BCUT2D eigenvalue weighted by Gasteiger charge is -2.27. The van der Waals surface area contributed by atoms with Crippen molar-refractivity contribution in [2.24, 2.45) is 0 Å². The van der Waals surface area contributed by atoms with Crippen LogP contribution < -0.4 is 10.2 Å². The van der Waals surface area contributed by atoms with Gasteiger partial charge in [0.15, 0.2) is 0 Å². The van der Waals surface area contributed by atoms with Crippen LogP contribution in [0.5, 0.6) is 0 Å². The number of rotatable bonds is 5. The highest BCUT2D eigenvalue weighted by atomic mass is 19.1. The van der Waals surface area contributed by atoms with Crippen molar-refractivity contribution in [1.82, 2.24) is 10.3 Å². The number of halogens is 1. The monoisotopic (exact) mass is 383 g/mol. The Labute approximate surface area is 165 Å². The summed E-state index contributed by atoms with van der Waals surface area (Å²) in [5.41, 5.74) is 4.51. The van der Waals surface area contributed by atoms with Gasteiger partial charge in [-0.15, -0.1) is 0 Å². The Morgan fingerprint density at radius 2 is 2.04 bits per heavy atom. The Morgan fingerprint density at radius 1 is 1.29 bits per heavy atom. The number of carbonyl (C=O) groups excluding carboxylic acids is 2. The number of anilines is 1. The van der Waals surface area contributed by atoms with E-state index in [0.717, 1.165) is 23.1 Å². The normalized spacial score (nSPS) is 14.6. The molecule has 3 rings (SSSR count). The molecule has 1 unspecified atom stereocenters. The van der Waals surface area contributed by atoms with Gasteiger partial charge in [0, 0.05) is 49.1 Å². The molecule has 6 heteroatoms. The molecule has 1 atom stereocenters. The van der Waals surface area contributed by atoms with Gasteiger partial charge >= 0.3 is 0 Å². The average Bonchev–Trinajstić information content (AvgIpc) is 2.65. The summed E-state index contributed by atoms with van der Waals surface area (Å²) in [6.45, 7) is 5.79. The van der Waals surface area contributed by atoms with Crippen LogP contribution in [0.1, 0.15) is 55.8 Å². The third kappa shape index (κ3) is 3.77. The van der Waals surface area contributed by atoms with Gasteiger partial charge in [-0.1, -0.05) is 6.92 Å². The molecule has 0 saturated carbocycles. The molecule has 1 aromatic carbocycles. The van der Waals surface area contributed by atoms with E-state index < -0.39 is 0 Å². The molecule has 2 aromatic rings. The van der Waals surface area contributed by atoms with Crippen LogP contribution in [-0.2, 0) is 16.0 Å². The first kappa shape index (κ1) is 20.0. The van der Waals surface area contributed by atoms with Gasteiger partial charge < -0.3 is 10.2 Å². The number of aromatic nitrogens is 1. The van der Waals surface area contributed by atoms with Gasteiger partial charge in [-0.3, -0.25) is 14.6 Å². The van der Waals surface area contributed by atoms with E-state index in [1.165, 1.54) is 11.0 Å². The minimum absolute atomic E-state index is 0.00357. The zero-order chi connectivity index (χ0) is 20.4. The second kappa shape index (κ2) is 8.09. The van der Waals surface area contributed by atoms with Gasteiger partial charge in [-0.25, -0.2) is 4.39 Å². The molecule has 2 heterocycles. The summed E-state index contributed by atoms with van der Waals surface area (Å²) in [6, 6.07) is 3.04. The van der Waals surface area contributed by atoms with Crippen LogP contribution in [0.3, 0.4) is 0 Å². The predicted octanol–water partition coefficient (Wildman–Crippen LogP) is 4.08. The summed E-state index contributed by atoms with van der Waals surface area (Å²) in [5.74, 6) is -0.395. The average molecular weight is 383 g/mol. The fourth-order valence-electron chi connectivity index (χ4n) is 3.74. The number of hydrogen-bond donors (Lipinski definition) is 1. The second-order valence-corrected chi connectivity index (χ2v) is 7.35. The Bertz CT molecular complexity index is 926. The molecule has 5 nitrogen and oxygen atoms in total. The number of fused-ring (bicyclic) bond motifs is 1. The molecule has 0 radical (unpaired) electrons. The highest BCUT2D eigenvalue weighted by Gasteiger charge is 2.24. The van der Waals surface area contributed by atoms with E-state index in [0.29, 0.717) is 36.1 Å². The highest BCUT2D eigenvalue weighted by molar-refractivity contribution is 5.96. The number of benzene rings is 1. The SMILES string of the molecule is CCCC(=O)NC(C)c1cncc(-c2cc3c(cc2F)N(C)C(=O)CC3)c1C. The maximum Gasteiger partial charge on any atom is 0.227 e. The van der Waals surface area contributed by atoms with E-state index >= 15 is 0 Å². The molecule has 1 aromatic heterocycles. The summed E-state index contributed by atoms with van der Waals surface area (Å²) >= 11 is 0. The van der Waals surface area contributed by atoms with Crippen LogP contribution in [0.15, 0.2) is 24.5 Å². The van der Waals surface area contributed by atoms with Gasteiger partial charge in [0.25, 0.3) is 0 Å². The van der Waals surface area contributed by atoms with Gasteiger partial charge in [-0.2, -0.15) is 0 Å². The van der Waals surface area contributed by atoms with Crippen molar-refractivity contribution in [3.05, 3.63) is 47.0 Å². The molecule has 0 saturated heterocycles. The molecule has 28 heavy (non-hydrogen) atoms. The summed E-state index contributed by atoms with van der Waals surface area (Å²) in [5, 5.41) is 2.97. The molecule has 0 spiro atoms. The molecule has 148 valence electrons. The Balaban J connectivity index is 1.99. The van der Waals surface area contributed by atoms with Crippen molar-refractivity contribution < 1.29 is 14.0 Å². The molecule has 0 fully saturated rings. The van der Waals surface area contributed by atoms with Crippen LogP contribution in [0.4, 0.5) is 10.1 Å². The van der Waals surface area contributed by atoms with E-state index in [1.807, 2.05) is 26.8 Å². The van der Waals surface area contributed by atoms with E-state index in [-0.39, 0.29) is 23.7 Å². The van der Waals surface area contributed by atoms with Crippen molar-refractivity contribution in [2.75, 3.05) is 11.9 Å². The van der Waals surface area contributed by atoms with Gasteiger partial charge in [0.2, 0.25) is 11.8 Å². The van der Waals surface area contributed by atoms with Crippen molar-refractivity contribution >= 4 is 17.5 Å². The molecular weight excluding hydrogens is 357 g/mol. The molecule has 1 N–H and O–H groups in total. The summed E-state index contributed by atoms with van der Waals surface area (Å²) in [7, 11) is 1.67. The van der Waals surface area contributed by atoms with Crippen LogP contribution in [-0.4, -0.2) is 23.8 Å². The lowest BCUT2D eigenvalue weighted by molar-refractivity contribution is -0.121. The van der Waals surface area contributed by atoms with Gasteiger partial charge in [-0.05, 0) is 55.5 Å². The standard InChI is InChI=1S/C22H26FN3O2/c1-5-6-21(27)25-14(3)17-11-24-12-18(13(17)2)16-9-15-7-8-22(28)26(4)20(15)10-19(16)23/h9-12,14H,5-8H2,1-4H3,(H,25,27). The quantitative estimate of drug-likeness (QED) is 0.846. The molecule has 0 bridgehead atoms. The van der Waals surface area contributed by atoms with E-state index in [4.69, 9.17) is 0 Å². The lowest BCUT2D eigenvalue weighted by Crippen LogP contribution is -2.31. The first-order valence-electron chi connectivity index (χ1n) is 9.66. The molecule has 0 aliphatic carbocycles. The summed E-state index contributed by atoms with van der Waals surface area (Å²) in [4.78, 5) is 29.6. The molecule has 1 aliphatic heterocycles. The number of nitrogens with one attached hydrogen (secondary N) is 1. The largest absolute Gasteiger partial charge is 0.350 e. The number of carbonyl (C=O) groups is 2. The maximum atomic E-state index is 15.0. The van der Waals surface area contributed by atoms with E-state index in [1.54, 1.807) is 19.4 Å². The van der Waals surface area contributed by atoms with Gasteiger partial charge in [0.1, 0.15) is 5.82 Å². The first-order valence-corrected chi connectivity index (χ1v) is 9.66. The fraction of sp³-hybridized carbons (Fsp3) is 0.409. The lowest BCUT2D eigenvalue weighted by atomic mass is 9.92. The van der Waals surface area contributed by atoms with Crippen LogP contribution in [0.2, 0.25) is 0 Å². The van der Waals surface area contributed by atoms with Crippen LogP contribution >= 0.6 is 0 Å². The Kier molecular flexibility index (Phi) is 5.77. The zero-order valence-electron chi connectivity index (χ0n) is 16.8.